The van der Waals surface area contributed by atoms with E-state index in [1.165, 1.54) is 25.9 Å². The summed E-state index contributed by atoms with van der Waals surface area (Å²) in [5.74, 6) is 0.211. The molecule has 28 heteroatoms. The number of nitrogen functional groups attached to an aromatic ring is 2. The average Bonchev–Trinajstić information content (AvgIpc) is 3.77. The van der Waals surface area contributed by atoms with Gasteiger partial charge in [-0.2, -0.15) is 0 Å². The molecule has 4 aromatic rings. The van der Waals surface area contributed by atoms with Gasteiger partial charge in [-0.3, -0.25) is 23.4 Å². The maximum absolute atomic E-state index is 12.3. The number of nitrogens with zero attached hydrogens (tertiary/aromatic N) is 8. The second-order valence-corrected chi connectivity index (χ2v) is 17.4. The molecule has 0 bridgehead atoms. The minimum atomic E-state index is -4.16. The first-order valence-corrected chi connectivity index (χ1v) is 21.4. The molecule has 1 unspecified atom stereocenters. The van der Waals surface area contributed by atoms with Crippen LogP contribution in [0.1, 0.15) is 55.4 Å². The van der Waals surface area contributed by atoms with Crippen molar-refractivity contribution in [2.45, 2.75) is 92.8 Å². The summed E-state index contributed by atoms with van der Waals surface area (Å²) in [6.07, 6.45) is 3.87. The van der Waals surface area contributed by atoms with Crippen LogP contribution in [0.3, 0.4) is 0 Å². The van der Waals surface area contributed by atoms with E-state index < -0.39 is 58.1 Å². The minimum absolute atomic E-state index is 0. The summed E-state index contributed by atoms with van der Waals surface area (Å²) in [4.78, 5) is 74.2. The van der Waals surface area contributed by atoms with Crippen molar-refractivity contribution in [3.8, 4) is 0 Å². The Morgan fingerprint density at radius 3 is 1.53 bits per heavy atom. The Bertz CT molecular complexity index is 2000. The second kappa shape index (κ2) is 27.5. The fourth-order valence-corrected chi connectivity index (χ4v) is 6.01. The number of esters is 2. The molecule has 4 aromatic heterocycles. The maximum Gasteiger partial charge on any atom is 0.350 e. The predicted octanol–water partition coefficient (Wildman–Crippen LogP) is 2.19. The molecule has 0 saturated carbocycles. The molecular weight excluding hydrogens is 896 g/mol. The molecule has 0 aliphatic heterocycles. The Labute approximate surface area is 366 Å². The van der Waals surface area contributed by atoms with Crippen LogP contribution in [0.5, 0.6) is 0 Å². The Hall–Kier alpha value is -3.38. The molecule has 5 atom stereocenters. The van der Waals surface area contributed by atoms with Gasteiger partial charge >= 0.3 is 19.5 Å². The third-order valence-electron chi connectivity index (χ3n) is 7.07. The first-order chi connectivity index (χ1) is 27.5. The van der Waals surface area contributed by atoms with Crippen molar-refractivity contribution in [1.82, 2.24) is 44.1 Å². The molecule has 0 fully saturated rings. The quantitative estimate of drug-likeness (QED) is 0.0555. The van der Waals surface area contributed by atoms with Gasteiger partial charge in [0.05, 0.1) is 51.2 Å². The second-order valence-electron chi connectivity index (χ2n) is 13.9. The number of hydrogen-bond acceptors (Lipinski definition) is 17. The molecule has 23 nitrogen and oxygen atoms in total. The number of carbonyl (C=O) groups excluding carboxylic acids is 2. The fraction of sp³-hybridized carbons (Fsp3) is 0.625. The number of halogens is 2. The molecule has 10 N–H and O–H groups in total. The molecule has 0 saturated heterocycles. The normalized spacial score (nSPS) is 14.2. The van der Waals surface area contributed by atoms with Gasteiger partial charge < -0.3 is 60.0 Å². The molecule has 0 spiro atoms. The van der Waals surface area contributed by atoms with Gasteiger partial charge in [-0.15, -0.1) is 12.4 Å². The third kappa shape index (κ3) is 21.4. The van der Waals surface area contributed by atoms with Gasteiger partial charge in [-0.05, 0) is 39.5 Å². The zero-order valence-electron chi connectivity index (χ0n) is 35.6. The van der Waals surface area contributed by atoms with Crippen LogP contribution in [0.15, 0.2) is 25.3 Å². The molecule has 4 rings (SSSR count). The number of carbonyl (C=O) groups is 2. The van der Waals surface area contributed by atoms with Crippen molar-refractivity contribution >= 4 is 73.4 Å². The van der Waals surface area contributed by atoms with Gasteiger partial charge in [-0.25, -0.2) is 35.0 Å². The standard InChI is InChI=1S/C16H27N6O5P.C9H14N5O4P.C7H15NO2.ClH.FH.V/c1-10(2)6-26-16(23)12(4)21-28(24,25)9-27-11(3)5-22-8-20-13-14(17)18-7-19-15(13)22;1-6(18-5-19(15,16)17)2-14-4-13-7-8(10)11-3-12-9(7)14;1-5(2)4-10-7(9)6(3)8;;;/h7-8,10-12H,5-6,9H2,1-4H3,(H2,17,18,19)(H2,21,24,25);3-4,6H,2,5H2,1H3,(H2,10,11,12)(H2,15,16,17);5-6H,4,8H2,1-3H3;2*1H;/t11-,12+;2*6-;;;/m110.../s1/i/hT. The van der Waals surface area contributed by atoms with Crippen LogP contribution in [0, 0.1) is 11.8 Å². The smallest absolute Gasteiger partial charge is 0.350 e. The summed E-state index contributed by atoms with van der Waals surface area (Å²) in [5, 5.41) is 2.39. The van der Waals surface area contributed by atoms with Gasteiger partial charge in [-0.1, -0.05) is 27.7 Å². The van der Waals surface area contributed by atoms with E-state index in [2.05, 4.69) is 36.4 Å². The third-order valence-corrected chi connectivity index (χ3v) is 8.84. The van der Waals surface area contributed by atoms with E-state index >= 15 is 0 Å². The summed E-state index contributed by atoms with van der Waals surface area (Å²) < 4.78 is 59.8. The average molecular weight is 956 g/mol. The van der Waals surface area contributed by atoms with Crippen LogP contribution in [0.25, 0.3) is 22.3 Å². The van der Waals surface area contributed by atoms with Crippen molar-refractivity contribution in [2.75, 3.05) is 37.4 Å². The Morgan fingerprint density at radius 1 is 0.750 bits per heavy atom. The van der Waals surface area contributed by atoms with Crippen molar-refractivity contribution < 1.29 is 75.6 Å². The summed E-state index contributed by atoms with van der Waals surface area (Å²) in [6.45, 7) is 15.7. The van der Waals surface area contributed by atoms with E-state index in [9.17, 15) is 23.6 Å². The molecule has 0 amide bonds. The largest absolute Gasteiger partial charge is 0.464 e. The van der Waals surface area contributed by atoms with Crippen LogP contribution in [-0.2, 0) is 69.3 Å². The van der Waals surface area contributed by atoms with Crippen molar-refractivity contribution in [1.29, 1.82) is 1.45 Å². The van der Waals surface area contributed by atoms with E-state index in [1.807, 2.05) is 27.7 Å². The topological polar surface area (TPSA) is 343 Å². The summed E-state index contributed by atoms with van der Waals surface area (Å²) in [5.41, 5.74) is 18.7. The predicted molar refractivity (Wildman–Crippen MR) is 220 cm³/mol. The molecule has 0 aliphatic carbocycles. The Morgan fingerprint density at radius 2 is 1.15 bits per heavy atom. The molecule has 4 heterocycles. The molecule has 60 heavy (non-hydrogen) atoms. The molecule has 1 radical (unpaired) electrons. The van der Waals surface area contributed by atoms with E-state index in [1.54, 1.807) is 36.2 Å². The molecular formula is C32H58ClFN12O11P2V. The first-order valence-electron chi connectivity index (χ1n) is 18.2. The van der Waals surface area contributed by atoms with Crippen molar-refractivity contribution in [3.63, 3.8) is 0 Å². The van der Waals surface area contributed by atoms with Gasteiger partial charge in [0.15, 0.2) is 22.9 Å². The number of imidazole rings is 2. The van der Waals surface area contributed by atoms with Crippen LogP contribution in [-0.4, -0.2) is 117 Å². The van der Waals surface area contributed by atoms with Gasteiger partial charge in [0.2, 0.25) is 0 Å². The van der Waals surface area contributed by atoms with Gasteiger partial charge in [0.1, 0.15) is 48.5 Å². The zero-order valence-corrected chi connectivity index (χ0v) is 38.6. The van der Waals surface area contributed by atoms with E-state index in [0.717, 1.165) is 0 Å². The minimum Gasteiger partial charge on any atom is -0.464 e. The van der Waals surface area contributed by atoms with Crippen molar-refractivity contribution in [3.05, 3.63) is 25.3 Å². The van der Waals surface area contributed by atoms with E-state index in [4.69, 9.17) is 50.7 Å². The molecule has 0 aliphatic rings. The molecule has 341 valence electrons. The number of hydrogen-bond donors (Lipinski definition) is 7. The van der Waals surface area contributed by atoms with Crippen molar-refractivity contribution in [2.24, 2.45) is 17.6 Å². The number of anilines is 2. The molecule has 0 aromatic carbocycles. The van der Waals surface area contributed by atoms with Crippen LogP contribution in [0.2, 0.25) is 0 Å². The zero-order chi connectivity index (χ0) is 45.1. The summed E-state index contributed by atoms with van der Waals surface area (Å²) in [7, 11) is -8.05. The summed E-state index contributed by atoms with van der Waals surface area (Å²) >= 11 is 0. The summed E-state index contributed by atoms with van der Waals surface area (Å²) in [6, 6.07) is -1.43. The maximum atomic E-state index is 12.3. The Kier molecular flexibility index (Phi) is 26.0. The van der Waals surface area contributed by atoms with E-state index in [0.29, 0.717) is 47.9 Å². The van der Waals surface area contributed by atoms with Gasteiger partial charge in [0.25, 0.3) is 8.97 Å². The van der Waals surface area contributed by atoms with Crippen LogP contribution in [0.4, 0.5) is 16.4 Å². The van der Waals surface area contributed by atoms with Crippen LogP contribution < -0.4 is 22.3 Å². The van der Waals surface area contributed by atoms with Gasteiger partial charge in [0, 0.05) is 18.6 Å². The number of nitrogens with two attached hydrogens (primary N) is 3. The van der Waals surface area contributed by atoms with E-state index in [-0.39, 0.29) is 61.1 Å². The SMILES string of the molecule is CC(C)COC(=O)[C@H](C)N.CC(C)COC(=O)[C@H](C)NP(=O)(O)CO[C@H](C)Cn1cnc2c(N)ncnc21.C[C@H](Cn1cnc2c(N)ncnc21)OCP(=O)(O)O.Cl.[3H]F.[V]. The van der Waals surface area contributed by atoms with Crippen LogP contribution >= 0.6 is 27.5 Å². The number of nitrogens with one attached hydrogen (secondary N) is 1. The first kappa shape index (κ1) is 56.6. The number of aromatic nitrogens is 8. The number of ether oxygens (including phenoxy) is 4. The fourth-order valence-electron chi connectivity index (χ4n) is 4.32. The number of fused-ring (bicyclic) bond motifs is 2. The monoisotopic (exact) mass is 955 g/mol. The Balaban J connectivity index is 0. The number of rotatable bonds is 18.